The van der Waals surface area contributed by atoms with Crippen LogP contribution in [0.2, 0.25) is 0 Å². The number of carboxylic acid groups (broad SMARTS) is 1. The van der Waals surface area contributed by atoms with Gasteiger partial charge in [-0.3, -0.25) is 13.9 Å². The van der Waals surface area contributed by atoms with Crippen molar-refractivity contribution in [2.24, 2.45) is 14.1 Å². The predicted octanol–water partition coefficient (Wildman–Crippen LogP) is -0.458. The molecule has 0 spiro atoms. The number of aromatic nitrogens is 4. The standard InChI is InChI=1S/C11H14N4O4/c1-4-5-15-6-7(12-8(15)10(17)18)13(2)11(19)14(3)9(6)16/h4-5H2,1-3H3,(H,17,18). The summed E-state index contributed by atoms with van der Waals surface area (Å²) in [6.07, 6.45) is 0.651. The summed E-state index contributed by atoms with van der Waals surface area (Å²) in [5, 5.41) is 9.13. The molecule has 0 unspecified atom stereocenters. The van der Waals surface area contributed by atoms with E-state index in [-0.39, 0.29) is 17.0 Å². The summed E-state index contributed by atoms with van der Waals surface area (Å²) in [6.45, 7) is 2.22. The van der Waals surface area contributed by atoms with Crippen molar-refractivity contribution in [3.05, 3.63) is 26.7 Å². The Labute approximate surface area is 107 Å². The van der Waals surface area contributed by atoms with Crippen LogP contribution in [0.5, 0.6) is 0 Å². The first-order chi connectivity index (χ1) is 8.90. The number of imidazole rings is 1. The second-order valence-corrected chi connectivity index (χ2v) is 4.27. The van der Waals surface area contributed by atoms with E-state index in [1.807, 2.05) is 6.92 Å². The fourth-order valence-electron chi connectivity index (χ4n) is 2.05. The fraction of sp³-hybridized carbons (Fsp3) is 0.455. The van der Waals surface area contributed by atoms with Crippen LogP contribution in [0.4, 0.5) is 0 Å². The molecule has 0 aliphatic rings. The van der Waals surface area contributed by atoms with Gasteiger partial charge in [-0.05, 0) is 6.42 Å². The smallest absolute Gasteiger partial charge is 0.372 e. The van der Waals surface area contributed by atoms with Gasteiger partial charge in [0.05, 0.1) is 0 Å². The minimum absolute atomic E-state index is 0.0963. The number of hydrogen-bond donors (Lipinski definition) is 1. The average molecular weight is 266 g/mol. The first-order valence-corrected chi connectivity index (χ1v) is 5.79. The molecule has 0 fully saturated rings. The van der Waals surface area contributed by atoms with Gasteiger partial charge >= 0.3 is 11.7 Å². The van der Waals surface area contributed by atoms with Crippen molar-refractivity contribution in [3.8, 4) is 0 Å². The van der Waals surface area contributed by atoms with Gasteiger partial charge < -0.3 is 9.67 Å². The van der Waals surface area contributed by atoms with Crippen LogP contribution in [-0.4, -0.2) is 29.8 Å². The summed E-state index contributed by atoms with van der Waals surface area (Å²) in [4.78, 5) is 39.0. The Morgan fingerprint density at radius 3 is 2.42 bits per heavy atom. The molecular formula is C11H14N4O4. The maximum Gasteiger partial charge on any atom is 0.372 e. The molecule has 0 aliphatic heterocycles. The molecule has 2 aromatic rings. The zero-order valence-corrected chi connectivity index (χ0v) is 10.9. The molecule has 102 valence electrons. The van der Waals surface area contributed by atoms with Gasteiger partial charge in [0.2, 0.25) is 5.82 Å². The van der Waals surface area contributed by atoms with Crippen LogP contribution in [0.1, 0.15) is 24.0 Å². The third kappa shape index (κ3) is 1.76. The molecule has 0 aliphatic carbocycles. The number of aryl methyl sites for hydroxylation is 2. The maximum atomic E-state index is 12.1. The molecule has 2 heterocycles. The minimum atomic E-state index is -1.22. The topological polar surface area (TPSA) is 99.1 Å². The Bertz CT molecular complexity index is 781. The number of carbonyl (C=O) groups is 1. The Morgan fingerprint density at radius 1 is 1.26 bits per heavy atom. The molecule has 0 bridgehead atoms. The van der Waals surface area contributed by atoms with Crippen LogP contribution in [0.15, 0.2) is 9.59 Å². The molecule has 8 nitrogen and oxygen atoms in total. The summed E-state index contributed by atoms with van der Waals surface area (Å²) in [5.41, 5.74) is -0.829. The van der Waals surface area contributed by atoms with Crippen molar-refractivity contribution in [1.82, 2.24) is 18.7 Å². The third-order valence-electron chi connectivity index (χ3n) is 2.99. The summed E-state index contributed by atoms with van der Waals surface area (Å²) >= 11 is 0. The second-order valence-electron chi connectivity index (χ2n) is 4.27. The summed E-state index contributed by atoms with van der Waals surface area (Å²) in [7, 11) is 2.81. The SMILES string of the molecule is CCCn1c(C(=O)O)nc2c1c(=O)n(C)c(=O)n2C. The molecule has 0 saturated heterocycles. The van der Waals surface area contributed by atoms with Crippen molar-refractivity contribution < 1.29 is 9.90 Å². The van der Waals surface area contributed by atoms with E-state index < -0.39 is 17.2 Å². The zero-order valence-electron chi connectivity index (χ0n) is 10.9. The van der Waals surface area contributed by atoms with E-state index in [0.29, 0.717) is 13.0 Å². The highest BCUT2D eigenvalue weighted by Crippen LogP contribution is 2.11. The largest absolute Gasteiger partial charge is 0.475 e. The molecule has 0 atom stereocenters. The summed E-state index contributed by atoms with van der Waals surface area (Å²) in [6, 6.07) is 0. The first-order valence-electron chi connectivity index (χ1n) is 5.79. The van der Waals surface area contributed by atoms with Crippen molar-refractivity contribution in [3.63, 3.8) is 0 Å². The highest BCUT2D eigenvalue weighted by atomic mass is 16.4. The molecule has 2 aromatic heterocycles. The van der Waals surface area contributed by atoms with Gasteiger partial charge in [0.25, 0.3) is 5.56 Å². The van der Waals surface area contributed by atoms with Crippen LogP contribution in [0.3, 0.4) is 0 Å². The van der Waals surface area contributed by atoms with E-state index in [1.165, 1.54) is 23.2 Å². The van der Waals surface area contributed by atoms with Crippen LogP contribution in [0.25, 0.3) is 11.2 Å². The van der Waals surface area contributed by atoms with E-state index in [2.05, 4.69) is 4.98 Å². The Hall–Kier alpha value is -2.38. The van der Waals surface area contributed by atoms with Gasteiger partial charge in [-0.15, -0.1) is 0 Å². The summed E-state index contributed by atoms with van der Waals surface area (Å²) in [5.74, 6) is -1.45. The number of nitrogens with zero attached hydrogens (tertiary/aromatic N) is 4. The predicted molar refractivity (Wildman–Crippen MR) is 67.5 cm³/mol. The van der Waals surface area contributed by atoms with Crippen LogP contribution in [-0.2, 0) is 20.6 Å². The molecule has 0 radical (unpaired) electrons. The first kappa shape index (κ1) is 13.1. The van der Waals surface area contributed by atoms with Gasteiger partial charge in [-0.2, -0.15) is 0 Å². The van der Waals surface area contributed by atoms with E-state index >= 15 is 0 Å². The maximum absolute atomic E-state index is 12.1. The molecule has 19 heavy (non-hydrogen) atoms. The van der Waals surface area contributed by atoms with Gasteiger partial charge in [-0.1, -0.05) is 6.92 Å². The number of aromatic carboxylic acids is 1. The monoisotopic (exact) mass is 266 g/mol. The molecule has 8 heteroatoms. The Kier molecular flexibility index (Phi) is 3.01. The minimum Gasteiger partial charge on any atom is -0.475 e. The van der Waals surface area contributed by atoms with Crippen LogP contribution >= 0.6 is 0 Å². The van der Waals surface area contributed by atoms with Gasteiger partial charge in [0.1, 0.15) is 0 Å². The number of fused-ring (bicyclic) bond motifs is 1. The average Bonchev–Trinajstić information content (AvgIpc) is 2.74. The van der Waals surface area contributed by atoms with E-state index in [4.69, 9.17) is 5.11 Å². The van der Waals surface area contributed by atoms with Crippen LogP contribution < -0.4 is 11.2 Å². The Balaban J connectivity index is 3.05. The molecule has 0 amide bonds. The molecule has 1 N–H and O–H groups in total. The Morgan fingerprint density at radius 2 is 1.89 bits per heavy atom. The fourth-order valence-corrected chi connectivity index (χ4v) is 2.05. The molecule has 2 rings (SSSR count). The number of hydrogen-bond acceptors (Lipinski definition) is 4. The van der Waals surface area contributed by atoms with E-state index in [1.54, 1.807) is 0 Å². The van der Waals surface area contributed by atoms with Gasteiger partial charge in [-0.25, -0.2) is 14.6 Å². The third-order valence-corrected chi connectivity index (χ3v) is 2.99. The van der Waals surface area contributed by atoms with Crippen LogP contribution in [0, 0.1) is 0 Å². The number of carboxylic acids is 1. The highest BCUT2D eigenvalue weighted by Gasteiger charge is 2.21. The van der Waals surface area contributed by atoms with Gasteiger partial charge in [0.15, 0.2) is 11.2 Å². The molecule has 0 aromatic carbocycles. The number of rotatable bonds is 3. The lowest BCUT2D eigenvalue weighted by Crippen LogP contribution is -2.37. The van der Waals surface area contributed by atoms with Crippen molar-refractivity contribution >= 4 is 17.1 Å². The van der Waals surface area contributed by atoms with Crippen molar-refractivity contribution in [1.29, 1.82) is 0 Å². The van der Waals surface area contributed by atoms with E-state index in [0.717, 1.165) is 4.57 Å². The second kappa shape index (κ2) is 4.38. The van der Waals surface area contributed by atoms with Gasteiger partial charge in [0, 0.05) is 20.6 Å². The highest BCUT2D eigenvalue weighted by molar-refractivity contribution is 5.88. The summed E-state index contributed by atoms with van der Waals surface area (Å²) < 4.78 is 3.47. The molecule has 0 saturated carbocycles. The lowest BCUT2D eigenvalue weighted by Gasteiger charge is -2.06. The lowest BCUT2D eigenvalue weighted by atomic mass is 10.4. The zero-order chi connectivity index (χ0) is 14.3. The van der Waals surface area contributed by atoms with Crippen molar-refractivity contribution in [2.75, 3.05) is 0 Å². The normalized spacial score (nSPS) is 11.1. The van der Waals surface area contributed by atoms with E-state index in [9.17, 15) is 14.4 Å². The quantitative estimate of drug-likeness (QED) is 0.810. The lowest BCUT2D eigenvalue weighted by molar-refractivity contribution is 0.0678. The van der Waals surface area contributed by atoms with Crippen molar-refractivity contribution in [2.45, 2.75) is 19.9 Å². The molecular weight excluding hydrogens is 252 g/mol.